The first-order valence-electron chi connectivity index (χ1n) is 10.9. The van der Waals surface area contributed by atoms with Crippen molar-refractivity contribution in [3.05, 3.63) is 80.9 Å². The largest absolute Gasteiger partial charge is 0.490 e. The van der Waals surface area contributed by atoms with Crippen LogP contribution < -0.4 is 20.3 Å². The van der Waals surface area contributed by atoms with Gasteiger partial charge < -0.3 is 14.0 Å². The molecule has 1 N–H and O–H groups in total. The molecule has 9 heteroatoms. The third-order valence-corrected chi connectivity index (χ3v) is 5.88. The topological polar surface area (TPSA) is 99.0 Å². The lowest BCUT2D eigenvalue weighted by Crippen LogP contribution is -2.25. The second-order valence-electron chi connectivity index (χ2n) is 7.59. The van der Waals surface area contributed by atoms with E-state index in [4.69, 9.17) is 9.47 Å². The van der Waals surface area contributed by atoms with Crippen molar-refractivity contribution in [2.24, 2.45) is 5.10 Å². The van der Waals surface area contributed by atoms with Crippen LogP contribution in [0.2, 0.25) is 0 Å². The van der Waals surface area contributed by atoms with Gasteiger partial charge in [0.05, 0.1) is 23.9 Å². The quantitative estimate of drug-likeness (QED) is 0.124. The first-order chi connectivity index (χ1) is 16.9. The van der Waals surface area contributed by atoms with Crippen LogP contribution in [0.25, 0.3) is 21.8 Å². The van der Waals surface area contributed by atoms with E-state index in [1.165, 1.54) is 13.1 Å². The first kappa shape index (κ1) is 24.2. The summed E-state index contributed by atoms with van der Waals surface area (Å²) in [5.74, 6) is -0.166. The lowest BCUT2D eigenvalue weighted by molar-refractivity contribution is -0.132. The van der Waals surface area contributed by atoms with Gasteiger partial charge in [-0.05, 0) is 59.3 Å². The number of pyridine rings is 1. The highest BCUT2D eigenvalue weighted by Crippen LogP contribution is 2.33. The molecule has 178 valence electrons. The average Bonchev–Trinajstić information content (AvgIpc) is 2.84. The Morgan fingerprint density at radius 2 is 1.66 bits per heavy atom. The van der Waals surface area contributed by atoms with Gasteiger partial charge in [-0.15, -0.1) is 0 Å². The summed E-state index contributed by atoms with van der Waals surface area (Å²) in [6.07, 6.45) is 1.46. The van der Waals surface area contributed by atoms with Gasteiger partial charge in [-0.1, -0.05) is 24.3 Å². The number of aromatic nitrogens is 1. The van der Waals surface area contributed by atoms with Crippen molar-refractivity contribution in [2.75, 3.05) is 6.61 Å². The molecule has 3 aromatic carbocycles. The maximum absolute atomic E-state index is 12.9. The normalized spacial score (nSPS) is 11.2. The van der Waals surface area contributed by atoms with Crippen LogP contribution in [0.4, 0.5) is 0 Å². The number of carbonyl (C=O) groups is 2. The van der Waals surface area contributed by atoms with Gasteiger partial charge in [0.25, 0.3) is 5.91 Å². The number of hydrazone groups is 1. The van der Waals surface area contributed by atoms with Crippen LogP contribution >= 0.6 is 15.9 Å². The fraction of sp³-hybridized carbons (Fsp3) is 0.154. The van der Waals surface area contributed by atoms with Crippen LogP contribution in [0.1, 0.15) is 19.4 Å². The van der Waals surface area contributed by atoms with Crippen LogP contribution in [0, 0.1) is 0 Å². The standard InChI is InChI=1S/C26H22BrN3O5/c1-3-34-23-12-17(20(27)13-24(23)35-16(2)31)14-28-29-25(32)15-30-21-10-6-4-8-18(21)26(33)19-9-5-7-11-22(19)30/h4-14H,3,15H2,1-2H3,(H,29,32)/b28-14-. The molecule has 35 heavy (non-hydrogen) atoms. The van der Waals surface area contributed by atoms with E-state index in [1.54, 1.807) is 41.0 Å². The highest BCUT2D eigenvalue weighted by Gasteiger charge is 2.14. The Morgan fingerprint density at radius 3 is 2.26 bits per heavy atom. The van der Waals surface area contributed by atoms with E-state index in [1.807, 2.05) is 31.2 Å². The molecule has 0 saturated heterocycles. The molecule has 1 aromatic heterocycles. The van der Waals surface area contributed by atoms with Crippen molar-refractivity contribution in [2.45, 2.75) is 20.4 Å². The number of halogens is 1. The van der Waals surface area contributed by atoms with Gasteiger partial charge in [-0.25, -0.2) is 5.43 Å². The van der Waals surface area contributed by atoms with Crippen molar-refractivity contribution in [3.8, 4) is 11.5 Å². The first-order valence-corrected chi connectivity index (χ1v) is 11.6. The number of ether oxygens (including phenoxy) is 2. The SMILES string of the molecule is CCOc1cc(/C=N\NC(=O)Cn2c3ccccc3c(=O)c3ccccc32)c(Br)cc1OC(C)=O. The highest BCUT2D eigenvalue weighted by molar-refractivity contribution is 9.10. The predicted octanol–water partition coefficient (Wildman–Crippen LogP) is 4.39. The minimum Gasteiger partial charge on any atom is -0.490 e. The van der Waals surface area contributed by atoms with Crippen molar-refractivity contribution in [1.29, 1.82) is 0 Å². The second-order valence-corrected chi connectivity index (χ2v) is 8.44. The zero-order valence-corrected chi connectivity index (χ0v) is 20.7. The molecule has 0 aliphatic carbocycles. The maximum atomic E-state index is 12.9. The summed E-state index contributed by atoms with van der Waals surface area (Å²) >= 11 is 3.42. The summed E-state index contributed by atoms with van der Waals surface area (Å²) in [4.78, 5) is 37.0. The zero-order valence-electron chi connectivity index (χ0n) is 19.1. The van der Waals surface area contributed by atoms with Crippen LogP contribution in [-0.4, -0.2) is 29.3 Å². The molecule has 0 fully saturated rings. The van der Waals surface area contributed by atoms with Gasteiger partial charge >= 0.3 is 5.97 Å². The molecule has 0 bridgehead atoms. The Morgan fingerprint density at radius 1 is 1.03 bits per heavy atom. The maximum Gasteiger partial charge on any atom is 0.308 e. The van der Waals surface area contributed by atoms with Gasteiger partial charge in [0.2, 0.25) is 0 Å². The minimum absolute atomic E-state index is 0.0323. The lowest BCUT2D eigenvalue weighted by Gasteiger charge is -2.14. The van der Waals surface area contributed by atoms with E-state index in [9.17, 15) is 14.4 Å². The fourth-order valence-corrected chi connectivity index (χ4v) is 4.18. The third kappa shape index (κ3) is 5.25. The third-order valence-electron chi connectivity index (χ3n) is 5.19. The van der Waals surface area contributed by atoms with Gasteiger partial charge in [-0.3, -0.25) is 14.4 Å². The molecule has 8 nitrogen and oxygen atoms in total. The Labute approximate surface area is 209 Å². The van der Waals surface area contributed by atoms with E-state index >= 15 is 0 Å². The van der Waals surface area contributed by atoms with Gasteiger partial charge in [0, 0.05) is 27.7 Å². The van der Waals surface area contributed by atoms with Crippen LogP contribution in [0.3, 0.4) is 0 Å². The summed E-state index contributed by atoms with van der Waals surface area (Å²) in [7, 11) is 0. The number of hydrogen-bond donors (Lipinski definition) is 1. The molecule has 0 atom stereocenters. The van der Waals surface area contributed by atoms with Gasteiger partial charge in [-0.2, -0.15) is 5.10 Å². The molecule has 0 aliphatic heterocycles. The lowest BCUT2D eigenvalue weighted by atomic mass is 10.1. The molecule has 0 aliphatic rings. The number of nitrogens with zero attached hydrogens (tertiary/aromatic N) is 2. The molecular weight excluding hydrogens is 514 g/mol. The number of amides is 1. The van der Waals surface area contributed by atoms with Crippen molar-refractivity contribution in [3.63, 3.8) is 0 Å². The molecule has 0 radical (unpaired) electrons. The van der Waals surface area contributed by atoms with Crippen molar-refractivity contribution < 1.29 is 19.1 Å². The average molecular weight is 536 g/mol. The van der Waals surface area contributed by atoms with E-state index in [2.05, 4.69) is 26.5 Å². The molecule has 0 spiro atoms. The van der Waals surface area contributed by atoms with Crippen molar-refractivity contribution >= 4 is 55.8 Å². The molecular formula is C26H22BrN3O5. The monoisotopic (exact) mass is 535 g/mol. The number of hydrogen-bond acceptors (Lipinski definition) is 6. The van der Waals surface area contributed by atoms with E-state index in [0.717, 1.165) is 0 Å². The molecule has 4 rings (SSSR count). The molecule has 0 unspecified atom stereocenters. The molecule has 4 aromatic rings. The number of para-hydroxylation sites is 2. The predicted molar refractivity (Wildman–Crippen MR) is 138 cm³/mol. The molecule has 0 saturated carbocycles. The van der Waals surface area contributed by atoms with Crippen LogP contribution in [-0.2, 0) is 16.1 Å². The van der Waals surface area contributed by atoms with E-state index in [-0.39, 0.29) is 23.6 Å². The zero-order chi connectivity index (χ0) is 24.9. The van der Waals surface area contributed by atoms with Gasteiger partial charge in [0.1, 0.15) is 6.54 Å². The smallest absolute Gasteiger partial charge is 0.308 e. The molecule has 1 amide bonds. The van der Waals surface area contributed by atoms with Crippen LogP contribution in [0.5, 0.6) is 11.5 Å². The number of benzene rings is 3. The summed E-state index contributed by atoms with van der Waals surface area (Å²) in [5.41, 5.74) is 4.41. The number of carbonyl (C=O) groups excluding carboxylic acids is 2. The highest BCUT2D eigenvalue weighted by atomic mass is 79.9. The Kier molecular flexibility index (Phi) is 7.26. The Hall–Kier alpha value is -3.98. The summed E-state index contributed by atoms with van der Waals surface area (Å²) < 4.78 is 13.1. The minimum atomic E-state index is -0.464. The Balaban J connectivity index is 1.59. The number of nitrogens with one attached hydrogen (secondary N) is 1. The Bertz CT molecular complexity index is 1470. The molecule has 1 heterocycles. The van der Waals surface area contributed by atoms with Crippen LogP contribution in [0.15, 0.2) is 75.0 Å². The fourth-order valence-electron chi connectivity index (χ4n) is 3.75. The van der Waals surface area contributed by atoms with Crippen molar-refractivity contribution in [1.82, 2.24) is 9.99 Å². The van der Waals surface area contributed by atoms with E-state index in [0.29, 0.717) is 44.2 Å². The number of fused-ring (bicyclic) bond motifs is 2. The summed E-state index contributed by atoms with van der Waals surface area (Å²) in [6, 6.07) is 17.7. The summed E-state index contributed by atoms with van der Waals surface area (Å²) in [5, 5.41) is 5.16. The second kappa shape index (κ2) is 10.5. The van der Waals surface area contributed by atoms with E-state index < -0.39 is 5.97 Å². The number of rotatable bonds is 7. The summed E-state index contributed by atoms with van der Waals surface area (Å²) in [6.45, 7) is 3.47. The number of esters is 1. The van der Waals surface area contributed by atoms with Gasteiger partial charge in [0.15, 0.2) is 16.9 Å².